The molecule has 150 heavy (non-hydrogen) atoms. The first kappa shape index (κ1) is 112. The highest BCUT2D eigenvalue weighted by molar-refractivity contribution is 7.71. The molecule has 0 aliphatic carbocycles. The quantitative estimate of drug-likeness (QED) is 0.0154. The number of nitrogens with two attached hydrogens (primary N) is 1. The molecule has 11 aromatic rings. The zero-order valence-corrected chi connectivity index (χ0v) is 93.0. The molecule has 0 atom stereocenters. The van der Waals surface area contributed by atoms with Crippen molar-refractivity contribution in [2.24, 2.45) is 27.1 Å². The fourth-order valence-corrected chi connectivity index (χ4v) is 21.8. The van der Waals surface area contributed by atoms with E-state index in [2.05, 4.69) is 117 Å². The minimum Gasteiger partial charge on any atom is -0.491 e. The number of pyridine rings is 5. The number of amides is 2. The summed E-state index contributed by atoms with van der Waals surface area (Å²) in [6.07, 6.45) is 11.7. The molecule has 49 heteroatoms. The molecule has 10 aliphatic rings. The Morgan fingerprint density at radius 2 is 0.647 bits per heavy atom. The Labute approximate surface area is 896 Å². The van der Waals surface area contributed by atoms with E-state index in [0.29, 0.717) is 129 Å². The summed E-state index contributed by atoms with van der Waals surface area (Å²) in [5, 5.41) is 27.9. The molecule has 21 rings (SSSR count). The van der Waals surface area contributed by atoms with E-state index < -0.39 is 44.8 Å². The molecule has 5 spiro atoms. The summed E-state index contributed by atoms with van der Waals surface area (Å²) >= 11 is 30.3. The lowest BCUT2D eigenvalue weighted by Crippen LogP contribution is -2.66. The van der Waals surface area contributed by atoms with Crippen LogP contribution in [0.25, 0.3) is 0 Å². The van der Waals surface area contributed by atoms with E-state index >= 15 is 0 Å². The van der Waals surface area contributed by atoms with Crippen molar-refractivity contribution in [3.8, 4) is 28.7 Å². The summed E-state index contributed by atoms with van der Waals surface area (Å²) in [5.74, 6) is 7.77. The Morgan fingerprint density at radius 1 is 0.360 bits per heavy atom. The van der Waals surface area contributed by atoms with Gasteiger partial charge in [-0.2, -0.15) is 15.0 Å². The van der Waals surface area contributed by atoms with Gasteiger partial charge in [0.25, 0.3) is 0 Å². The van der Waals surface area contributed by atoms with Crippen molar-refractivity contribution < 1.29 is 80.1 Å². The summed E-state index contributed by atoms with van der Waals surface area (Å²) in [5.41, 5.74) is 11.6. The number of para-hydroxylation sites is 3. The Kier molecular flexibility index (Phi) is 35.3. The second-order valence-corrected chi connectivity index (χ2v) is 52.6. The highest BCUT2D eigenvalue weighted by Crippen LogP contribution is 2.51. The van der Waals surface area contributed by atoms with Crippen molar-refractivity contribution in [3.63, 3.8) is 0 Å². The monoisotopic (exact) mass is 2210 g/mol. The maximum absolute atomic E-state index is 12.7. The standard InChI is InChI=1S/2C23H26ClN6O3P.C16H23N3O4.C12H12Cl2N3OP.C11H15ClN2O3.C11H15N3O2.C5H9NO/c2*1-32-19-17(8-9-25-21(19)30-11-23(12-30)13-33-14-23)28-22-26-10-15(24)20(29-22)27-16-6-4-5-7-18(16)34(2,3)31;1-15(2,3)23-14(20)18-11-5-6-17-13(12(11)21-4)19-7-16(8-19)9-22-10-16;1-19(2,18)10-6-4-3-5-9(10)16-11-8(13)7-15-12(14)17-11;1-11(2,3)17-10(15)14-7-5-6-13-9(12)8(7)16-4;1-15-9-8(12)2-3-13-10(9)14-4-11(5-14)6-16-7-11;1-5(2-6-1)3-7-4-5/h2*4-10H,11-14H2,1-3H3,(H2,25,26,27,28,29);5-6H,7-10H2,1-4H3,(H,17,18,20);3-7H,1-2H3,(H,15,16,17);5-6H,1-4H3,(H,13,14,15);2-3H,4-7H2,1H3,(H2,12,13);6H,1-4H2. The lowest BCUT2D eigenvalue weighted by atomic mass is 9.78. The van der Waals surface area contributed by atoms with Crippen LogP contribution in [0.5, 0.6) is 28.7 Å². The number of halogens is 5. The highest BCUT2D eigenvalue weighted by atomic mass is 35.5. The van der Waals surface area contributed by atoms with Gasteiger partial charge in [0, 0.05) is 118 Å². The van der Waals surface area contributed by atoms with Gasteiger partial charge in [-0.1, -0.05) is 82.8 Å². The highest BCUT2D eigenvalue weighted by Gasteiger charge is 2.54. The molecule has 3 aromatic carbocycles. The molecule has 10 saturated heterocycles. The molecule has 10 N–H and O–H groups in total. The molecule has 0 radical (unpaired) electrons. The van der Waals surface area contributed by atoms with Crippen LogP contribution in [0.4, 0.5) is 108 Å². The fourth-order valence-electron chi connectivity index (χ4n) is 17.6. The Bertz CT molecular complexity index is 6580. The number of rotatable bonds is 24. The minimum atomic E-state index is -2.51. The Balaban J connectivity index is 0.000000136. The molecule has 802 valence electrons. The third kappa shape index (κ3) is 27.6. The first-order valence-corrected chi connectivity index (χ1v) is 57.6. The van der Waals surface area contributed by atoms with E-state index in [1.165, 1.54) is 45.0 Å². The summed E-state index contributed by atoms with van der Waals surface area (Å²) in [7, 11) is 0.469. The summed E-state index contributed by atoms with van der Waals surface area (Å²) < 4.78 is 102. The van der Waals surface area contributed by atoms with Crippen LogP contribution in [0.2, 0.25) is 25.5 Å². The fraction of sp³-hybridized carbons (Fsp3) is 0.436. The summed E-state index contributed by atoms with van der Waals surface area (Å²) in [4.78, 5) is 79.4. The molecular formula is C101H126Cl5N24O17P3. The molecule has 8 aromatic heterocycles. The average Bonchev–Trinajstić information content (AvgIpc) is 0.759. The molecule has 0 bridgehead atoms. The van der Waals surface area contributed by atoms with Crippen molar-refractivity contribution in [1.82, 2.24) is 60.1 Å². The SMILES string of the molecule is C1NCC12COC2.COc1c(N)ccnc1N1CC2(COC2)C1.COc1c(NC(=O)OC(C)(C)C)ccnc1Cl.COc1c(NC(=O)OC(C)(C)C)ccnc1N1CC2(COC2)C1.COc1c(Nc2ncc(Cl)c(Nc3ccccc3P(C)(C)=O)n2)ccnc1N1CC2(COC2)C1.COc1c(Nc2ncc(Cl)c(Nc3ccccc3P(C)(C)=O)n2)ccnc1N1CC2(COC2)C1.CP(C)(=O)c1ccccc1Nc1nc(Cl)ncc1Cl. The van der Waals surface area contributed by atoms with Crippen molar-refractivity contribution in [2.75, 3.05) is 270 Å². The van der Waals surface area contributed by atoms with Crippen molar-refractivity contribution in [3.05, 3.63) is 178 Å². The summed E-state index contributed by atoms with van der Waals surface area (Å²) in [6.45, 7) is 39.4. The van der Waals surface area contributed by atoms with Gasteiger partial charge in [-0.25, -0.2) is 49.5 Å². The Hall–Kier alpha value is -11.9. The largest absolute Gasteiger partial charge is 0.491 e. The van der Waals surface area contributed by atoms with Crippen LogP contribution in [0.15, 0.2) is 153 Å². The van der Waals surface area contributed by atoms with Crippen LogP contribution in [0, 0.1) is 27.1 Å². The Morgan fingerprint density at radius 3 is 0.940 bits per heavy atom. The van der Waals surface area contributed by atoms with Crippen molar-refractivity contribution in [1.29, 1.82) is 0 Å². The van der Waals surface area contributed by atoms with Crippen LogP contribution < -0.4 is 107 Å². The molecule has 10 aliphatic heterocycles. The van der Waals surface area contributed by atoms with Gasteiger partial charge >= 0.3 is 12.2 Å². The van der Waals surface area contributed by atoms with E-state index in [1.54, 1.807) is 132 Å². The number of aromatic nitrogens is 11. The van der Waals surface area contributed by atoms with Gasteiger partial charge in [0.1, 0.15) is 47.7 Å². The van der Waals surface area contributed by atoms with Gasteiger partial charge in [-0.15, -0.1) is 0 Å². The van der Waals surface area contributed by atoms with E-state index in [9.17, 15) is 23.3 Å². The van der Waals surface area contributed by atoms with Gasteiger partial charge in [-0.3, -0.25) is 10.6 Å². The zero-order chi connectivity index (χ0) is 108. The smallest absolute Gasteiger partial charge is 0.412 e. The lowest BCUT2D eigenvalue weighted by molar-refractivity contribution is -0.139. The number of hydrogen-bond acceptors (Lipinski definition) is 39. The zero-order valence-electron chi connectivity index (χ0n) is 86.5. The average molecular weight is 2220 g/mol. The van der Waals surface area contributed by atoms with Crippen LogP contribution in [0.3, 0.4) is 0 Å². The van der Waals surface area contributed by atoms with Gasteiger partial charge in [-0.05, 0) is 160 Å². The number of carbonyl (C=O) groups is 2. The number of benzene rings is 3. The van der Waals surface area contributed by atoms with Crippen LogP contribution in [-0.2, 0) is 46.9 Å². The number of hydrogen-bond donors (Lipinski definition) is 9. The molecule has 0 saturated carbocycles. The van der Waals surface area contributed by atoms with Gasteiger partial charge in [0.2, 0.25) is 17.2 Å². The second kappa shape index (κ2) is 47.1. The maximum atomic E-state index is 12.7. The van der Waals surface area contributed by atoms with Gasteiger partial charge < -0.3 is 128 Å². The summed E-state index contributed by atoms with van der Waals surface area (Å²) in [6, 6.07) is 30.8. The van der Waals surface area contributed by atoms with Gasteiger partial charge in [0.15, 0.2) is 74.6 Å². The number of ether oxygens (including phenoxy) is 12. The minimum absolute atomic E-state index is 0.0977. The topological polar surface area (TPSA) is 473 Å². The van der Waals surface area contributed by atoms with Crippen molar-refractivity contribution >= 4 is 206 Å². The van der Waals surface area contributed by atoms with E-state index in [4.69, 9.17) is 121 Å². The lowest BCUT2D eigenvalue weighted by Gasteiger charge is -2.55. The van der Waals surface area contributed by atoms with E-state index in [-0.39, 0.29) is 26.7 Å². The third-order valence-corrected chi connectivity index (χ3v) is 31.1. The third-order valence-electron chi connectivity index (χ3n) is 25.1. The first-order valence-electron chi connectivity index (χ1n) is 47.9. The molecule has 18 heterocycles. The predicted octanol–water partition coefficient (Wildman–Crippen LogP) is 17.5. The molecule has 2 amide bonds. The second-order valence-electron chi connectivity index (χ2n) is 41.2. The number of nitrogens with one attached hydrogen (secondary N) is 8. The van der Waals surface area contributed by atoms with E-state index in [1.807, 2.05) is 106 Å². The molecular weight excluding hydrogens is 2090 g/mol. The number of carbonyl (C=O) groups excluding carboxylic acids is 2. The molecule has 41 nitrogen and oxygen atoms in total. The number of nitrogen functional groups attached to an aromatic ring is 1. The van der Waals surface area contributed by atoms with Gasteiger partial charge in [0.05, 0.1) is 187 Å². The number of nitrogens with zero attached hydrogens (tertiary/aromatic N) is 15. The van der Waals surface area contributed by atoms with Crippen molar-refractivity contribution in [2.45, 2.75) is 52.7 Å². The van der Waals surface area contributed by atoms with E-state index in [0.717, 1.165) is 158 Å². The normalized spacial score (nSPS) is 16.9. The van der Waals surface area contributed by atoms with Crippen LogP contribution in [0.1, 0.15) is 41.5 Å². The first-order chi connectivity index (χ1) is 71.2. The number of methoxy groups -OCH3 is 5. The van der Waals surface area contributed by atoms with Crippen LogP contribution in [-0.4, -0.2) is 285 Å². The number of anilines is 17. The predicted molar refractivity (Wildman–Crippen MR) is 590 cm³/mol. The van der Waals surface area contributed by atoms with Crippen LogP contribution >= 0.6 is 79.4 Å². The maximum Gasteiger partial charge on any atom is 0.412 e. The molecule has 10 fully saturated rings. The molecule has 0 unspecified atom stereocenters.